The van der Waals surface area contributed by atoms with Crippen molar-refractivity contribution in [1.82, 2.24) is 29.9 Å². The summed E-state index contributed by atoms with van der Waals surface area (Å²) >= 11 is 70.5. The molecule has 0 radical (unpaired) electrons. The highest BCUT2D eigenvalue weighted by atomic mass is 35.6. The highest BCUT2D eigenvalue weighted by Crippen LogP contribution is 2.43. The number of halogens is 12. The summed E-state index contributed by atoms with van der Waals surface area (Å²) in [6.45, 7) is 0. The molecular weight excluding hydrogens is 878 g/mol. The molecule has 0 bridgehead atoms. The van der Waals surface area contributed by atoms with E-state index >= 15 is 0 Å². The molecule has 48 heavy (non-hydrogen) atoms. The Bertz CT molecular complexity index is 1840. The van der Waals surface area contributed by atoms with Crippen LogP contribution < -0.4 is 9.47 Å². The van der Waals surface area contributed by atoms with Crippen molar-refractivity contribution in [2.24, 2.45) is 0 Å². The number of fused-ring (bicyclic) bond motifs is 1. The summed E-state index contributed by atoms with van der Waals surface area (Å²) in [5.41, 5.74) is 1.27. The summed E-state index contributed by atoms with van der Waals surface area (Å²) in [7, 11) is 3.14. The summed E-state index contributed by atoms with van der Waals surface area (Å²) in [5.74, 6) is 1.21. The van der Waals surface area contributed by atoms with E-state index < -0.39 is 15.2 Å². The predicted octanol–water partition coefficient (Wildman–Crippen LogP) is 11.6. The summed E-state index contributed by atoms with van der Waals surface area (Å²) in [4.78, 5) is 24.6. The van der Waals surface area contributed by atoms with Gasteiger partial charge in [-0.05, 0) is 41.8 Å². The Morgan fingerprint density at radius 3 is 1.25 bits per heavy atom. The molecule has 0 spiro atoms. The van der Waals surface area contributed by atoms with Crippen LogP contribution in [0.4, 0.5) is 0 Å². The highest BCUT2D eigenvalue weighted by molar-refractivity contribution is 6.68. The molecule has 0 amide bonds. The zero-order chi connectivity index (χ0) is 35.7. The number of ether oxygens (including phenoxy) is 2. The van der Waals surface area contributed by atoms with Crippen molar-refractivity contribution in [2.75, 3.05) is 14.2 Å². The van der Waals surface area contributed by atoms with Gasteiger partial charge in [0.05, 0.1) is 14.2 Å². The number of rotatable bonds is 4. The van der Waals surface area contributed by atoms with E-state index in [0.717, 1.165) is 10.8 Å². The minimum Gasteiger partial charge on any atom is -0.497 e. The first kappa shape index (κ1) is 39.8. The molecule has 0 N–H and O–H groups in total. The number of hydrogen-bond acceptors (Lipinski definition) is 8. The Hall–Kier alpha value is -0.980. The lowest BCUT2D eigenvalue weighted by molar-refractivity contribution is 0.415. The summed E-state index contributed by atoms with van der Waals surface area (Å²) in [6.07, 6.45) is 0. The van der Waals surface area contributed by atoms with Crippen molar-refractivity contribution in [2.45, 2.75) is 15.2 Å². The van der Waals surface area contributed by atoms with Gasteiger partial charge in [-0.25, -0.2) is 29.9 Å². The molecule has 20 heteroatoms. The Morgan fingerprint density at radius 2 is 0.854 bits per heavy atom. The van der Waals surface area contributed by atoms with E-state index in [2.05, 4.69) is 29.9 Å². The molecule has 0 aliphatic heterocycles. The van der Waals surface area contributed by atoms with Gasteiger partial charge in [-0.15, -0.1) is 0 Å². The lowest BCUT2D eigenvalue weighted by Crippen LogP contribution is -2.16. The molecule has 2 aromatic heterocycles. The second-order valence-electron chi connectivity index (χ2n) is 9.19. The maximum Gasteiger partial charge on any atom is 0.250 e. The van der Waals surface area contributed by atoms with Gasteiger partial charge in [-0.2, -0.15) is 0 Å². The van der Waals surface area contributed by atoms with Gasteiger partial charge in [0.1, 0.15) is 11.5 Å². The first-order valence-corrected chi connectivity index (χ1v) is 17.3. The third-order valence-electron chi connectivity index (χ3n) is 5.98. The Morgan fingerprint density at radius 1 is 0.438 bits per heavy atom. The standard InChI is InChI=1S/C16H9Cl6N3O.C12H7Cl6N3O/c1-26-11-7-6-10(8-4-2-3-5-9(8)11)12-23-13(15(17,18)19)25-14(24-12)16(20,21)22;1-22-7-4-2-6(3-5-7)8-19-9(11(13,14)15)21-10(20-8)12(16,17)18/h2-7H,1H3;2-5H,1H3. The molecule has 2 heterocycles. The quantitative estimate of drug-likeness (QED) is 0.165. The first-order chi connectivity index (χ1) is 22.2. The molecule has 8 nitrogen and oxygen atoms in total. The van der Waals surface area contributed by atoms with Crippen molar-refractivity contribution in [3.63, 3.8) is 0 Å². The molecule has 0 saturated carbocycles. The van der Waals surface area contributed by atoms with E-state index in [4.69, 9.17) is 149 Å². The van der Waals surface area contributed by atoms with Crippen molar-refractivity contribution < 1.29 is 9.47 Å². The van der Waals surface area contributed by atoms with Crippen LogP contribution in [0, 0.1) is 0 Å². The van der Waals surface area contributed by atoms with E-state index in [9.17, 15) is 0 Å². The molecule has 3 aromatic carbocycles. The summed E-state index contributed by atoms with van der Waals surface area (Å²) in [5, 5.41) is 1.68. The SMILES string of the molecule is COc1ccc(-c2nc(C(Cl)(Cl)Cl)nc(C(Cl)(Cl)Cl)n2)c2ccccc12.COc1ccc(-c2nc(C(Cl)(Cl)Cl)nc(C(Cl)(Cl)Cl)n2)cc1. The van der Waals surface area contributed by atoms with Crippen molar-refractivity contribution in [3.8, 4) is 34.3 Å². The fraction of sp³-hybridized carbons (Fsp3) is 0.214. The van der Waals surface area contributed by atoms with Crippen LogP contribution in [0.2, 0.25) is 0 Å². The number of benzene rings is 3. The third kappa shape index (κ3) is 10.1. The number of hydrogen-bond donors (Lipinski definition) is 0. The van der Waals surface area contributed by atoms with E-state index in [1.54, 1.807) is 50.6 Å². The monoisotopic (exact) mass is 888 g/mol. The molecule has 5 rings (SSSR count). The van der Waals surface area contributed by atoms with Crippen LogP contribution in [0.15, 0.2) is 60.7 Å². The van der Waals surface area contributed by atoms with Crippen molar-refractivity contribution in [3.05, 3.63) is 84.0 Å². The fourth-order valence-corrected chi connectivity index (χ4v) is 4.91. The number of methoxy groups -OCH3 is 2. The molecule has 0 saturated heterocycles. The number of aromatic nitrogens is 6. The van der Waals surface area contributed by atoms with Crippen LogP contribution in [-0.4, -0.2) is 44.1 Å². The number of alkyl halides is 12. The van der Waals surface area contributed by atoms with Crippen molar-refractivity contribution >= 4 is 150 Å². The second kappa shape index (κ2) is 15.7. The van der Waals surface area contributed by atoms with E-state index in [0.29, 0.717) is 22.6 Å². The van der Waals surface area contributed by atoms with Gasteiger partial charge in [0.25, 0.3) is 0 Å². The molecule has 0 aliphatic carbocycles. The van der Waals surface area contributed by atoms with Gasteiger partial charge < -0.3 is 9.47 Å². The molecule has 0 unspecified atom stereocenters. The number of nitrogens with zero attached hydrogens (tertiary/aromatic N) is 6. The summed E-state index contributed by atoms with van der Waals surface area (Å²) < 4.78 is 2.89. The van der Waals surface area contributed by atoms with E-state index in [1.807, 2.05) is 24.3 Å². The normalized spacial score (nSPS) is 12.4. The fourth-order valence-electron chi connectivity index (χ4n) is 3.89. The predicted molar refractivity (Wildman–Crippen MR) is 198 cm³/mol. The van der Waals surface area contributed by atoms with Crippen LogP contribution in [0.1, 0.15) is 23.3 Å². The van der Waals surface area contributed by atoms with Crippen LogP contribution in [0.5, 0.6) is 11.5 Å². The van der Waals surface area contributed by atoms with Gasteiger partial charge in [0, 0.05) is 16.5 Å². The van der Waals surface area contributed by atoms with Crippen LogP contribution in [0.3, 0.4) is 0 Å². The van der Waals surface area contributed by atoms with Gasteiger partial charge in [-0.3, -0.25) is 0 Å². The largest absolute Gasteiger partial charge is 0.497 e. The van der Waals surface area contributed by atoms with Crippen LogP contribution in [0.25, 0.3) is 33.5 Å². The average Bonchev–Trinajstić information content (AvgIpc) is 3.02. The maximum atomic E-state index is 5.93. The van der Waals surface area contributed by atoms with Crippen LogP contribution >= 0.6 is 139 Å². The van der Waals surface area contributed by atoms with Gasteiger partial charge in [-0.1, -0.05) is 163 Å². The third-order valence-corrected chi connectivity index (χ3v) is 8.01. The smallest absolute Gasteiger partial charge is 0.250 e. The molecule has 0 atom stereocenters. The molecular formula is C28H16Cl12N6O2. The van der Waals surface area contributed by atoms with E-state index in [1.165, 1.54) is 0 Å². The first-order valence-electron chi connectivity index (χ1n) is 12.7. The Labute approximate surface area is 334 Å². The Kier molecular flexibility index (Phi) is 13.0. The van der Waals surface area contributed by atoms with Gasteiger partial charge in [0.15, 0.2) is 34.9 Å². The summed E-state index contributed by atoms with van der Waals surface area (Å²) in [6, 6.07) is 18.0. The zero-order valence-corrected chi connectivity index (χ0v) is 32.9. The molecule has 254 valence electrons. The van der Waals surface area contributed by atoms with E-state index in [-0.39, 0.29) is 34.9 Å². The second-order valence-corrected chi connectivity index (χ2v) is 18.3. The van der Waals surface area contributed by atoms with Crippen LogP contribution in [-0.2, 0) is 15.2 Å². The molecule has 0 aliphatic rings. The lowest BCUT2D eigenvalue weighted by Gasteiger charge is -2.16. The topological polar surface area (TPSA) is 95.8 Å². The minimum absolute atomic E-state index is 0.139. The Balaban J connectivity index is 0.000000220. The average molecular weight is 894 g/mol. The maximum absolute atomic E-state index is 5.93. The van der Waals surface area contributed by atoms with Gasteiger partial charge >= 0.3 is 0 Å². The lowest BCUT2D eigenvalue weighted by atomic mass is 10.0. The molecule has 5 aromatic rings. The molecule has 0 fully saturated rings. The van der Waals surface area contributed by atoms with Gasteiger partial charge in [0.2, 0.25) is 15.2 Å². The minimum atomic E-state index is -1.91. The zero-order valence-electron chi connectivity index (χ0n) is 23.8. The highest BCUT2D eigenvalue weighted by Gasteiger charge is 2.35. The van der Waals surface area contributed by atoms with Crippen molar-refractivity contribution in [1.29, 1.82) is 0 Å².